The van der Waals surface area contributed by atoms with Crippen molar-refractivity contribution in [2.45, 2.75) is 30.7 Å². The molecule has 3 aliphatic rings. The van der Waals surface area contributed by atoms with Gasteiger partial charge in [-0.1, -0.05) is 0 Å². The summed E-state index contributed by atoms with van der Waals surface area (Å²) in [7, 11) is -10.7. The van der Waals surface area contributed by atoms with Gasteiger partial charge in [0.2, 0.25) is 0 Å². The predicted molar refractivity (Wildman–Crippen MR) is 87.5 cm³/mol. The summed E-state index contributed by atoms with van der Waals surface area (Å²) < 4.78 is 36.4. The van der Waals surface area contributed by atoms with Crippen LogP contribution in [0.25, 0.3) is 0 Å². The molecular formula is C10H17N5O11P2. The maximum absolute atomic E-state index is 11.9. The summed E-state index contributed by atoms with van der Waals surface area (Å²) in [5.74, 6) is -0.126. The highest BCUT2D eigenvalue weighted by Crippen LogP contribution is 2.58. The number of hydrogen-bond donors (Lipinski definition) is 7. The van der Waals surface area contributed by atoms with Gasteiger partial charge in [0.15, 0.2) is 18.2 Å². The highest BCUT2D eigenvalue weighted by molar-refractivity contribution is 7.60. The number of aliphatic hydroxyl groups excluding tert-OH is 3. The topological polar surface area (TPSA) is 240 Å². The van der Waals surface area contributed by atoms with E-state index in [0.717, 1.165) is 17.6 Å². The highest BCUT2D eigenvalue weighted by atomic mass is 31.3. The zero-order valence-corrected chi connectivity index (χ0v) is 15.5. The largest absolute Gasteiger partial charge is 0.502 e. The van der Waals surface area contributed by atoms with Crippen molar-refractivity contribution in [2.24, 2.45) is 15.7 Å². The van der Waals surface area contributed by atoms with E-state index in [2.05, 4.69) is 18.9 Å². The number of hydrogen-bond acceptors (Lipinski definition) is 13. The van der Waals surface area contributed by atoms with Crippen LogP contribution in [0.15, 0.2) is 21.5 Å². The molecule has 0 saturated carbocycles. The van der Waals surface area contributed by atoms with Crippen molar-refractivity contribution in [3.8, 4) is 0 Å². The molecule has 18 heteroatoms. The number of ether oxygens (including phenoxy) is 1. The molecule has 3 aliphatic heterocycles. The SMILES string of the molecule is NC1=C2N=CN([C@@H]3O[C@H](CO)[C@@H](O)[C@H]3O)C2N(OP(=O)(O)OP(=O)(O)O)C=N1. The zero-order valence-electron chi connectivity index (χ0n) is 13.7. The molecule has 6 atom stereocenters. The molecule has 16 nitrogen and oxygen atoms in total. The minimum Gasteiger partial charge on any atom is -0.394 e. The molecule has 1 saturated heterocycles. The number of nitrogens with zero attached hydrogens (tertiary/aromatic N) is 4. The number of rotatable bonds is 6. The Morgan fingerprint density at radius 1 is 1.18 bits per heavy atom. The number of nitrogens with two attached hydrogens (primary N) is 1. The van der Waals surface area contributed by atoms with Crippen molar-refractivity contribution < 1.29 is 52.8 Å². The molecule has 28 heavy (non-hydrogen) atoms. The Morgan fingerprint density at radius 3 is 2.43 bits per heavy atom. The van der Waals surface area contributed by atoms with Gasteiger partial charge in [0, 0.05) is 0 Å². The standard InChI is InChI=1S/C10H17N5O11P2/c11-8-5-9(15(3-13-8)25-28(22,23)26-27(19,20)21)14(2-12-5)10-7(18)6(17)4(1-16)24-10/h2-4,6-7,9-10,16-18H,1,11H2,(H,22,23)(H2,19,20,21)/t4-,6-,7-,9?,10-/m1/s1. The molecule has 0 amide bonds. The van der Waals surface area contributed by atoms with Crippen LogP contribution in [-0.2, 0) is 22.8 Å². The summed E-state index contributed by atoms with van der Waals surface area (Å²) in [4.78, 5) is 35.8. The maximum Gasteiger partial charge on any atom is 0.502 e. The number of fused-ring (bicyclic) bond motifs is 1. The highest BCUT2D eigenvalue weighted by Gasteiger charge is 2.51. The fourth-order valence-electron chi connectivity index (χ4n) is 2.76. The molecule has 0 aliphatic carbocycles. The van der Waals surface area contributed by atoms with E-state index >= 15 is 0 Å². The molecule has 8 N–H and O–H groups in total. The van der Waals surface area contributed by atoms with Crippen molar-refractivity contribution in [3.63, 3.8) is 0 Å². The average molecular weight is 445 g/mol. The quantitative estimate of drug-likeness (QED) is 0.198. The Morgan fingerprint density at radius 2 is 1.86 bits per heavy atom. The smallest absolute Gasteiger partial charge is 0.394 e. The lowest BCUT2D eigenvalue weighted by Gasteiger charge is -2.37. The molecule has 1 fully saturated rings. The first-order valence-corrected chi connectivity index (χ1v) is 10.5. The summed E-state index contributed by atoms with van der Waals surface area (Å²) in [6, 6.07) is 0. The van der Waals surface area contributed by atoms with Crippen LogP contribution < -0.4 is 5.73 Å². The Labute approximate surface area is 156 Å². The molecule has 158 valence electrons. The van der Waals surface area contributed by atoms with Crippen LogP contribution in [-0.4, -0.2) is 90.0 Å². The second kappa shape index (κ2) is 7.44. The molecule has 0 bridgehead atoms. The molecule has 3 heterocycles. The van der Waals surface area contributed by atoms with Gasteiger partial charge >= 0.3 is 15.6 Å². The van der Waals surface area contributed by atoms with Gasteiger partial charge in [-0.2, -0.15) is 8.94 Å². The van der Waals surface area contributed by atoms with Crippen molar-refractivity contribution >= 4 is 28.3 Å². The van der Waals surface area contributed by atoms with Gasteiger partial charge in [0.25, 0.3) is 0 Å². The molecule has 3 rings (SSSR count). The summed E-state index contributed by atoms with van der Waals surface area (Å²) in [6.45, 7) is -0.598. The first kappa shape index (κ1) is 21.3. The van der Waals surface area contributed by atoms with Crippen LogP contribution >= 0.6 is 15.6 Å². The third kappa shape index (κ3) is 4.12. The van der Waals surface area contributed by atoms with E-state index in [1.807, 2.05) is 0 Å². The van der Waals surface area contributed by atoms with Gasteiger partial charge in [0.05, 0.1) is 12.9 Å². The van der Waals surface area contributed by atoms with Gasteiger partial charge in [-0.3, -0.25) is 0 Å². The third-order valence-electron chi connectivity index (χ3n) is 3.89. The van der Waals surface area contributed by atoms with E-state index < -0.39 is 53.0 Å². The second-order valence-corrected chi connectivity index (χ2v) is 8.53. The van der Waals surface area contributed by atoms with E-state index in [9.17, 15) is 29.3 Å². The Hall–Kier alpha value is -1.42. The summed E-state index contributed by atoms with van der Waals surface area (Å²) in [6.07, 6.45) is -4.71. The van der Waals surface area contributed by atoms with Gasteiger partial charge in [0.1, 0.15) is 30.3 Å². The van der Waals surface area contributed by atoms with E-state index in [1.165, 1.54) is 0 Å². The van der Waals surface area contributed by atoms with Crippen molar-refractivity contribution in [2.75, 3.05) is 6.61 Å². The monoisotopic (exact) mass is 445 g/mol. The number of hydroxylamine groups is 2. The van der Waals surface area contributed by atoms with Crippen LogP contribution in [0.4, 0.5) is 0 Å². The maximum atomic E-state index is 11.9. The molecule has 0 aromatic heterocycles. The normalized spacial score (nSPS) is 34.9. The van der Waals surface area contributed by atoms with Gasteiger partial charge in [-0.15, -0.1) is 0 Å². The van der Waals surface area contributed by atoms with Crippen molar-refractivity contribution in [1.82, 2.24) is 9.96 Å². The lowest BCUT2D eigenvalue weighted by Crippen LogP contribution is -2.54. The van der Waals surface area contributed by atoms with Crippen LogP contribution in [0.5, 0.6) is 0 Å². The van der Waals surface area contributed by atoms with E-state index in [-0.39, 0.29) is 11.5 Å². The van der Waals surface area contributed by atoms with E-state index in [4.69, 9.17) is 20.3 Å². The average Bonchev–Trinajstić information content (AvgIpc) is 3.11. The lowest BCUT2D eigenvalue weighted by atomic mass is 10.1. The number of aliphatic hydroxyl groups is 3. The van der Waals surface area contributed by atoms with E-state index in [1.54, 1.807) is 0 Å². The minimum absolute atomic E-state index is 0.0172. The van der Waals surface area contributed by atoms with Crippen molar-refractivity contribution in [1.29, 1.82) is 0 Å². The summed E-state index contributed by atoms with van der Waals surface area (Å²) in [5.41, 5.74) is 5.69. The Kier molecular flexibility index (Phi) is 5.66. The first-order chi connectivity index (χ1) is 12.9. The van der Waals surface area contributed by atoms with Crippen LogP contribution in [0.3, 0.4) is 0 Å². The number of phosphoric acid groups is 2. The lowest BCUT2D eigenvalue weighted by molar-refractivity contribution is -0.130. The van der Waals surface area contributed by atoms with Gasteiger partial charge < -0.3 is 45.4 Å². The van der Waals surface area contributed by atoms with Crippen LogP contribution in [0, 0.1) is 0 Å². The fourth-order valence-corrected chi connectivity index (χ4v) is 4.33. The van der Waals surface area contributed by atoms with E-state index in [0.29, 0.717) is 5.06 Å². The van der Waals surface area contributed by atoms with Gasteiger partial charge in [-0.05, 0) is 0 Å². The Balaban J connectivity index is 1.86. The van der Waals surface area contributed by atoms with Crippen molar-refractivity contribution in [3.05, 3.63) is 11.5 Å². The summed E-state index contributed by atoms with van der Waals surface area (Å²) in [5, 5.41) is 29.9. The fraction of sp³-hybridized carbons (Fsp3) is 0.600. The summed E-state index contributed by atoms with van der Waals surface area (Å²) >= 11 is 0. The molecule has 0 radical (unpaired) electrons. The molecule has 0 spiro atoms. The van der Waals surface area contributed by atoms with Gasteiger partial charge in [-0.25, -0.2) is 24.2 Å². The van der Waals surface area contributed by atoms with Crippen LogP contribution in [0.1, 0.15) is 0 Å². The molecule has 0 aromatic carbocycles. The third-order valence-corrected chi connectivity index (χ3v) is 5.96. The van der Waals surface area contributed by atoms with Crippen LogP contribution in [0.2, 0.25) is 0 Å². The molecular weight excluding hydrogens is 428 g/mol. The predicted octanol–water partition coefficient (Wildman–Crippen LogP) is -3.29. The first-order valence-electron chi connectivity index (χ1n) is 7.49. The number of aliphatic imine (C=N–C) groups is 2. The Bertz CT molecular complexity index is 814. The second-order valence-electron chi connectivity index (χ2n) is 5.79. The molecule has 2 unspecified atom stereocenters. The zero-order chi connectivity index (χ0) is 20.9. The molecule has 0 aromatic rings. The minimum atomic E-state index is -5.38.